The van der Waals surface area contributed by atoms with E-state index in [2.05, 4.69) is 5.32 Å². The molecule has 2 rings (SSSR count). The van der Waals surface area contributed by atoms with E-state index in [1.54, 1.807) is 12.1 Å². The number of aryl methyl sites for hydroxylation is 1. The van der Waals surface area contributed by atoms with Gasteiger partial charge >= 0.3 is 6.09 Å². The smallest absolute Gasteiger partial charge is 0.407 e. The molecule has 0 aliphatic rings. The van der Waals surface area contributed by atoms with Gasteiger partial charge in [-0.1, -0.05) is 60.2 Å². The molecule has 0 aromatic heterocycles. The number of amides is 1. The largest absolute Gasteiger partial charge is 0.445 e. The Labute approximate surface area is 141 Å². The Morgan fingerprint density at radius 1 is 1.08 bits per heavy atom. The quantitative estimate of drug-likeness (QED) is 0.730. The van der Waals surface area contributed by atoms with Crippen molar-refractivity contribution in [2.75, 3.05) is 6.54 Å². The highest BCUT2D eigenvalue weighted by molar-refractivity contribution is 5.67. The predicted molar refractivity (Wildman–Crippen MR) is 91.4 cm³/mol. The third-order valence-corrected chi connectivity index (χ3v) is 3.71. The highest BCUT2D eigenvalue weighted by Crippen LogP contribution is 2.19. The van der Waals surface area contributed by atoms with Crippen LogP contribution in [0.1, 0.15) is 29.2 Å². The van der Waals surface area contributed by atoms with Crippen molar-refractivity contribution in [3.05, 3.63) is 71.3 Å². The van der Waals surface area contributed by atoms with E-state index in [4.69, 9.17) is 4.74 Å². The van der Waals surface area contributed by atoms with Crippen LogP contribution in [-0.4, -0.2) is 29.0 Å². The number of ether oxygens (including phenoxy) is 1. The standard InChI is InChI=1S/C19H23NO4/c1-14-7-9-16(10-8-14)18(22)17(21)11-12-20-19(23)24-13-15-5-3-2-4-6-15/h2-10,17-18,21-22H,11-13H2,1H3,(H,20,23). The molecule has 0 heterocycles. The first-order valence-electron chi connectivity index (χ1n) is 7.93. The van der Waals surface area contributed by atoms with Crippen LogP contribution in [0.25, 0.3) is 0 Å². The number of carbonyl (C=O) groups excluding carboxylic acids is 1. The molecule has 1 amide bonds. The van der Waals surface area contributed by atoms with E-state index < -0.39 is 18.3 Å². The van der Waals surface area contributed by atoms with Crippen molar-refractivity contribution in [1.82, 2.24) is 5.32 Å². The summed E-state index contributed by atoms with van der Waals surface area (Å²) in [7, 11) is 0. The number of hydrogen-bond acceptors (Lipinski definition) is 4. The SMILES string of the molecule is Cc1ccc(C(O)C(O)CCNC(=O)OCc2ccccc2)cc1. The molecule has 0 aliphatic carbocycles. The fourth-order valence-corrected chi connectivity index (χ4v) is 2.24. The van der Waals surface area contributed by atoms with Gasteiger partial charge in [-0.3, -0.25) is 0 Å². The van der Waals surface area contributed by atoms with Gasteiger partial charge in [0.1, 0.15) is 12.7 Å². The lowest BCUT2D eigenvalue weighted by Crippen LogP contribution is -2.29. The number of benzene rings is 2. The lowest BCUT2D eigenvalue weighted by Gasteiger charge is -2.18. The van der Waals surface area contributed by atoms with E-state index in [0.717, 1.165) is 11.1 Å². The van der Waals surface area contributed by atoms with Crippen LogP contribution >= 0.6 is 0 Å². The first-order chi connectivity index (χ1) is 11.6. The molecule has 0 spiro atoms. The Balaban J connectivity index is 1.68. The van der Waals surface area contributed by atoms with Crippen LogP contribution in [-0.2, 0) is 11.3 Å². The minimum absolute atomic E-state index is 0.196. The average molecular weight is 329 g/mol. The summed E-state index contributed by atoms with van der Waals surface area (Å²) in [5, 5.41) is 22.7. The van der Waals surface area contributed by atoms with Crippen LogP contribution < -0.4 is 5.32 Å². The van der Waals surface area contributed by atoms with Crippen LogP contribution in [0.5, 0.6) is 0 Å². The molecule has 0 saturated heterocycles. The molecule has 128 valence electrons. The molecule has 0 saturated carbocycles. The molecule has 2 atom stereocenters. The highest BCUT2D eigenvalue weighted by Gasteiger charge is 2.18. The van der Waals surface area contributed by atoms with Crippen LogP contribution in [0.3, 0.4) is 0 Å². The van der Waals surface area contributed by atoms with Gasteiger partial charge in [-0.15, -0.1) is 0 Å². The number of aliphatic hydroxyl groups is 2. The van der Waals surface area contributed by atoms with E-state index in [1.807, 2.05) is 49.4 Å². The maximum absolute atomic E-state index is 11.6. The van der Waals surface area contributed by atoms with Crippen LogP contribution in [0.4, 0.5) is 4.79 Å². The second kappa shape index (κ2) is 9.05. The number of alkyl carbamates (subject to hydrolysis) is 1. The summed E-state index contributed by atoms with van der Waals surface area (Å²) in [5.41, 5.74) is 2.64. The van der Waals surface area contributed by atoms with E-state index >= 15 is 0 Å². The van der Waals surface area contributed by atoms with Crippen molar-refractivity contribution in [1.29, 1.82) is 0 Å². The Kier molecular flexibility index (Phi) is 6.78. The van der Waals surface area contributed by atoms with Crippen LogP contribution in [0.2, 0.25) is 0 Å². The minimum atomic E-state index is -0.979. The molecule has 2 aromatic rings. The zero-order valence-electron chi connectivity index (χ0n) is 13.7. The summed E-state index contributed by atoms with van der Waals surface area (Å²) < 4.78 is 5.07. The van der Waals surface area contributed by atoms with Gasteiger partial charge in [0.15, 0.2) is 0 Å². The fraction of sp³-hybridized carbons (Fsp3) is 0.316. The maximum atomic E-state index is 11.6. The van der Waals surface area contributed by atoms with Gasteiger partial charge in [0, 0.05) is 6.54 Å². The monoisotopic (exact) mass is 329 g/mol. The third kappa shape index (κ3) is 5.68. The number of carbonyl (C=O) groups is 1. The van der Waals surface area contributed by atoms with Crippen molar-refractivity contribution < 1.29 is 19.7 Å². The number of aliphatic hydroxyl groups excluding tert-OH is 2. The van der Waals surface area contributed by atoms with Gasteiger partial charge in [-0.05, 0) is 24.5 Å². The molecule has 0 fully saturated rings. The molecule has 2 unspecified atom stereocenters. The van der Waals surface area contributed by atoms with Gasteiger partial charge < -0.3 is 20.3 Å². The molecule has 2 aromatic carbocycles. The van der Waals surface area contributed by atoms with Gasteiger partial charge in [0.05, 0.1) is 6.10 Å². The average Bonchev–Trinajstić information content (AvgIpc) is 2.61. The third-order valence-electron chi connectivity index (χ3n) is 3.71. The lowest BCUT2D eigenvalue weighted by atomic mass is 10.0. The van der Waals surface area contributed by atoms with Crippen molar-refractivity contribution in [2.24, 2.45) is 0 Å². The van der Waals surface area contributed by atoms with Crippen molar-refractivity contribution >= 4 is 6.09 Å². The molecule has 3 N–H and O–H groups in total. The van der Waals surface area contributed by atoms with Gasteiger partial charge in [0.2, 0.25) is 0 Å². The van der Waals surface area contributed by atoms with E-state index in [1.165, 1.54) is 0 Å². The summed E-state index contributed by atoms with van der Waals surface area (Å²) in [6.07, 6.45) is -2.25. The van der Waals surface area contributed by atoms with Crippen LogP contribution in [0.15, 0.2) is 54.6 Å². The predicted octanol–water partition coefficient (Wildman–Crippen LogP) is 2.71. The van der Waals surface area contributed by atoms with Gasteiger partial charge in [0.25, 0.3) is 0 Å². The maximum Gasteiger partial charge on any atom is 0.407 e. The zero-order valence-corrected chi connectivity index (χ0v) is 13.7. The Hall–Kier alpha value is -2.37. The van der Waals surface area contributed by atoms with Gasteiger partial charge in [-0.2, -0.15) is 0 Å². The summed E-state index contributed by atoms with van der Waals surface area (Å²) >= 11 is 0. The normalized spacial score (nSPS) is 13.1. The fourth-order valence-electron chi connectivity index (χ4n) is 2.24. The van der Waals surface area contributed by atoms with E-state index in [9.17, 15) is 15.0 Å². The summed E-state index contributed by atoms with van der Waals surface area (Å²) in [4.78, 5) is 11.6. The second-order valence-electron chi connectivity index (χ2n) is 5.70. The Morgan fingerprint density at radius 3 is 2.42 bits per heavy atom. The molecule has 0 aliphatic heterocycles. The first kappa shape index (κ1) is 18.0. The Morgan fingerprint density at radius 2 is 1.75 bits per heavy atom. The van der Waals surface area contributed by atoms with Crippen molar-refractivity contribution in [2.45, 2.75) is 32.2 Å². The molecule has 24 heavy (non-hydrogen) atoms. The summed E-state index contributed by atoms with van der Waals surface area (Å²) in [6, 6.07) is 16.7. The lowest BCUT2D eigenvalue weighted by molar-refractivity contribution is 0.0136. The Bertz CT molecular complexity index is 628. The summed E-state index contributed by atoms with van der Waals surface area (Å²) in [6.45, 7) is 2.37. The number of rotatable bonds is 7. The molecule has 0 radical (unpaired) electrons. The number of nitrogens with one attached hydrogen (secondary N) is 1. The molecule has 5 heteroatoms. The molecule has 5 nitrogen and oxygen atoms in total. The van der Waals surface area contributed by atoms with Crippen molar-refractivity contribution in [3.63, 3.8) is 0 Å². The molecular weight excluding hydrogens is 306 g/mol. The molecule has 0 bridgehead atoms. The molecular formula is C19H23NO4. The zero-order chi connectivity index (χ0) is 17.4. The topological polar surface area (TPSA) is 78.8 Å². The minimum Gasteiger partial charge on any atom is -0.445 e. The summed E-state index contributed by atoms with van der Waals surface area (Å²) in [5.74, 6) is 0. The van der Waals surface area contributed by atoms with Crippen LogP contribution in [0, 0.1) is 6.92 Å². The van der Waals surface area contributed by atoms with Crippen molar-refractivity contribution in [3.8, 4) is 0 Å². The van der Waals surface area contributed by atoms with Gasteiger partial charge in [-0.25, -0.2) is 4.79 Å². The van der Waals surface area contributed by atoms with E-state index in [0.29, 0.717) is 5.56 Å². The first-order valence-corrected chi connectivity index (χ1v) is 7.93. The second-order valence-corrected chi connectivity index (χ2v) is 5.70. The van der Waals surface area contributed by atoms with E-state index in [-0.39, 0.29) is 19.6 Å². The highest BCUT2D eigenvalue weighted by atomic mass is 16.5. The number of hydrogen-bond donors (Lipinski definition) is 3.